The van der Waals surface area contributed by atoms with Crippen molar-refractivity contribution in [2.24, 2.45) is 17.8 Å². The van der Waals surface area contributed by atoms with Crippen LogP contribution in [0.15, 0.2) is 0 Å². The Morgan fingerprint density at radius 2 is 2.05 bits per heavy atom. The molecule has 2 fully saturated rings. The van der Waals surface area contributed by atoms with Gasteiger partial charge in [0, 0.05) is 12.1 Å². The Hall–Kier alpha value is -0.910. The molecule has 2 aliphatic carbocycles. The summed E-state index contributed by atoms with van der Waals surface area (Å²) in [4.78, 5) is 23.5. The molecule has 6 heteroatoms. The van der Waals surface area contributed by atoms with Crippen molar-refractivity contribution in [3.8, 4) is 0 Å². The number of hydrogen-bond acceptors (Lipinski definition) is 3. The quantitative estimate of drug-likeness (QED) is 0.630. The molecule has 5 atom stereocenters. The molecular formula is C15H26N2O3S. The third-order valence-electron chi connectivity index (χ3n) is 4.78. The summed E-state index contributed by atoms with van der Waals surface area (Å²) in [5.74, 6) is 1.54. The van der Waals surface area contributed by atoms with E-state index in [4.69, 9.17) is 0 Å². The van der Waals surface area contributed by atoms with Crippen LogP contribution in [0.3, 0.4) is 0 Å². The highest BCUT2D eigenvalue weighted by Gasteiger charge is 2.51. The van der Waals surface area contributed by atoms with Gasteiger partial charge in [-0.1, -0.05) is 6.92 Å². The summed E-state index contributed by atoms with van der Waals surface area (Å²) < 4.78 is 0. The first-order chi connectivity index (χ1) is 10.0. The van der Waals surface area contributed by atoms with Crippen LogP contribution < -0.4 is 10.6 Å². The largest absolute Gasteiger partial charge is 0.481 e. The molecule has 2 saturated carbocycles. The lowest BCUT2D eigenvalue weighted by Crippen LogP contribution is -2.51. The number of carbonyl (C=O) groups excluding carboxylic acids is 1. The minimum atomic E-state index is -0.764. The number of thioether (sulfide) groups is 1. The first-order valence-corrected chi connectivity index (χ1v) is 9.06. The predicted molar refractivity (Wildman–Crippen MR) is 84.5 cm³/mol. The second kappa shape index (κ2) is 7.38. The van der Waals surface area contributed by atoms with Crippen LogP contribution in [-0.2, 0) is 4.79 Å². The highest BCUT2D eigenvalue weighted by molar-refractivity contribution is 7.99. The van der Waals surface area contributed by atoms with Crippen molar-refractivity contribution in [1.82, 2.24) is 10.6 Å². The molecule has 0 aliphatic heterocycles. The molecule has 0 spiro atoms. The number of amides is 2. The lowest BCUT2D eigenvalue weighted by atomic mass is 9.84. The number of carboxylic acids is 1. The van der Waals surface area contributed by atoms with Crippen molar-refractivity contribution < 1.29 is 14.7 Å². The van der Waals surface area contributed by atoms with Gasteiger partial charge in [0.2, 0.25) is 0 Å². The Balaban J connectivity index is 1.80. The number of carboxylic acid groups (broad SMARTS) is 1. The van der Waals surface area contributed by atoms with E-state index in [2.05, 4.69) is 17.6 Å². The Bertz CT molecular complexity index is 391. The maximum absolute atomic E-state index is 12.1. The van der Waals surface area contributed by atoms with Crippen molar-refractivity contribution in [3.63, 3.8) is 0 Å². The number of aliphatic carboxylic acids is 1. The average Bonchev–Trinajstić information content (AvgIpc) is 2.99. The molecule has 120 valence electrons. The van der Waals surface area contributed by atoms with Crippen LogP contribution >= 0.6 is 11.8 Å². The van der Waals surface area contributed by atoms with E-state index in [1.807, 2.05) is 18.7 Å². The molecular weight excluding hydrogens is 288 g/mol. The molecule has 2 rings (SSSR count). The Kier molecular flexibility index (Phi) is 5.79. The Morgan fingerprint density at radius 1 is 1.33 bits per heavy atom. The van der Waals surface area contributed by atoms with E-state index >= 15 is 0 Å². The minimum absolute atomic E-state index is 0.117. The van der Waals surface area contributed by atoms with Crippen molar-refractivity contribution >= 4 is 23.8 Å². The normalized spacial score (nSPS) is 31.9. The molecule has 21 heavy (non-hydrogen) atoms. The molecule has 2 bridgehead atoms. The molecule has 2 aliphatic rings. The molecule has 3 N–H and O–H groups in total. The van der Waals surface area contributed by atoms with Gasteiger partial charge in [0.15, 0.2) is 0 Å². The number of nitrogens with one attached hydrogen (secondary N) is 2. The average molecular weight is 314 g/mol. The molecule has 0 aromatic carbocycles. The van der Waals surface area contributed by atoms with E-state index in [-0.39, 0.29) is 24.0 Å². The SMILES string of the molecule is CCSCCC(C)NC(=O)NC1C2CCC(C2)C1C(=O)O. The number of hydrogen-bond donors (Lipinski definition) is 3. The smallest absolute Gasteiger partial charge is 0.315 e. The van der Waals surface area contributed by atoms with Crippen LogP contribution in [0, 0.1) is 17.8 Å². The first-order valence-electron chi connectivity index (χ1n) is 7.90. The molecule has 0 heterocycles. The van der Waals surface area contributed by atoms with Crippen LogP contribution in [0.5, 0.6) is 0 Å². The molecule has 5 unspecified atom stereocenters. The topological polar surface area (TPSA) is 78.4 Å². The van der Waals surface area contributed by atoms with Gasteiger partial charge in [0.25, 0.3) is 0 Å². The zero-order valence-corrected chi connectivity index (χ0v) is 13.6. The fourth-order valence-corrected chi connectivity index (χ4v) is 4.56. The number of carbonyl (C=O) groups is 2. The van der Waals surface area contributed by atoms with Crippen LogP contribution in [0.2, 0.25) is 0 Å². The van der Waals surface area contributed by atoms with E-state index in [0.717, 1.165) is 37.2 Å². The molecule has 2 amide bonds. The molecule has 0 saturated heterocycles. The molecule has 0 radical (unpaired) electrons. The summed E-state index contributed by atoms with van der Waals surface area (Å²) in [6, 6.07) is -0.294. The second-order valence-corrected chi connectivity index (χ2v) is 7.62. The van der Waals surface area contributed by atoms with Crippen LogP contribution in [-0.4, -0.2) is 40.7 Å². The van der Waals surface area contributed by atoms with E-state index in [1.165, 1.54) is 0 Å². The van der Waals surface area contributed by atoms with Gasteiger partial charge in [-0.25, -0.2) is 4.79 Å². The molecule has 5 nitrogen and oxygen atoms in total. The van der Waals surface area contributed by atoms with Gasteiger partial charge in [-0.05, 0) is 55.9 Å². The number of fused-ring (bicyclic) bond motifs is 2. The Morgan fingerprint density at radius 3 is 2.71 bits per heavy atom. The van der Waals surface area contributed by atoms with Crippen LogP contribution in [0.25, 0.3) is 0 Å². The number of rotatable bonds is 7. The summed E-state index contributed by atoms with van der Waals surface area (Å²) in [6.07, 6.45) is 3.92. The van der Waals surface area contributed by atoms with Gasteiger partial charge >= 0.3 is 12.0 Å². The van der Waals surface area contributed by atoms with Gasteiger partial charge in [0.1, 0.15) is 0 Å². The second-order valence-electron chi connectivity index (χ2n) is 6.23. The fraction of sp³-hybridized carbons (Fsp3) is 0.867. The molecule has 0 aromatic rings. The van der Waals surface area contributed by atoms with Crippen molar-refractivity contribution in [3.05, 3.63) is 0 Å². The van der Waals surface area contributed by atoms with Crippen molar-refractivity contribution in [1.29, 1.82) is 0 Å². The maximum Gasteiger partial charge on any atom is 0.315 e. The highest BCUT2D eigenvalue weighted by Crippen LogP contribution is 2.48. The summed E-state index contributed by atoms with van der Waals surface area (Å²) >= 11 is 1.86. The minimum Gasteiger partial charge on any atom is -0.481 e. The first kappa shape index (κ1) is 16.5. The van der Waals surface area contributed by atoms with E-state index in [1.54, 1.807) is 0 Å². The third-order valence-corrected chi connectivity index (χ3v) is 5.71. The Labute approximate surface area is 130 Å². The number of urea groups is 1. The van der Waals surface area contributed by atoms with E-state index in [9.17, 15) is 14.7 Å². The van der Waals surface area contributed by atoms with Crippen LogP contribution in [0.4, 0.5) is 4.79 Å². The van der Waals surface area contributed by atoms with Gasteiger partial charge in [-0.2, -0.15) is 11.8 Å². The lowest BCUT2D eigenvalue weighted by molar-refractivity contribution is -0.144. The van der Waals surface area contributed by atoms with Crippen molar-refractivity contribution in [2.45, 2.75) is 51.6 Å². The monoisotopic (exact) mass is 314 g/mol. The standard InChI is InChI=1S/C15H26N2O3S/c1-3-21-7-6-9(2)16-15(20)17-13-11-5-4-10(8-11)12(13)14(18)19/h9-13H,3-8H2,1-2H3,(H,18,19)(H2,16,17,20). The van der Waals surface area contributed by atoms with Crippen LogP contribution in [0.1, 0.15) is 39.5 Å². The van der Waals surface area contributed by atoms with Gasteiger partial charge in [0.05, 0.1) is 5.92 Å². The zero-order chi connectivity index (χ0) is 15.4. The van der Waals surface area contributed by atoms with Crippen molar-refractivity contribution in [2.75, 3.05) is 11.5 Å². The van der Waals surface area contributed by atoms with Gasteiger partial charge in [-0.15, -0.1) is 0 Å². The fourth-order valence-electron chi connectivity index (χ4n) is 3.75. The highest BCUT2D eigenvalue weighted by atomic mass is 32.2. The summed E-state index contributed by atoms with van der Waals surface area (Å²) in [5.41, 5.74) is 0. The summed E-state index contributed by atoms with van der Waals surface area (Å²) in [5, 5.41) is 15.2. The zero-order valence-electron chi connectivity index (χ0n) is 12.8. The summed E-state index contributed by atoms with van der Waals surface area (Å²) in [6.45, 7) is 4.11. The van der Waals surface area contributed by atoms with Gasteiger partial charge in [-0.3, -0.25) is 4.79 Å². The third kappa shape index (κ3) is 4.05. The lowest BCUT2D eigenvalue weighted by Gasteiger charge is -2.29. The maximum atomic E-state index is 12.1. The van der Waals surface area contributed by atoms with Gasteiger partial charge < -0.3 is 15.7 Å². The van der Waals surface area contributed by atoms with E-state index in [0.29, 0.717) is 5.92 Å². The summed E-state index contributed by atoms with van der Waals surface area (Å²) in [7, 11) is 0. The van der Waals surface area contributed by atoms with E-state index < -0.39 is 11.9 Å². The molecule has 0 aromatic heterocycles. The predicted octanol–water partition coefficient (Wildman–Crippen LogP) is 2.32.